The number of nitrogens with one attached hydrogen (secondary N) is 1. The molecule has 0 saturated heterocycles. The van der Waals surface area contributed by atoms with E-state index in [1.807, 2.05) is 48.5 Å². The molecule has 3 aromatic rings. The lowest BCUT2D eigenvalue weighted by atomic mass is 10.2. The first-order chi connectivity index (χ1) is 11.7. The molecule has 0 radical (unpaired) electrons. The molecule has 0 atom stereocenters. The number of hydrogen-bond donors (Lipinski definition) is 1. The Hall–Kier alpha value is -3.28. The summed E-state index contributed by atoms with van der Waals surface area (Å²) in [5, 5.41) is 11.2. The number of benzene rings is 1. The molecule has 0 aliphatic heterocycles. The zero-order valence-corrected chi connectivity index (χ0v) is 13.3. The van der Waals surface area contributed by atoms with Gasteiger partial charge in [0.2, 0.25) is 0 Å². The molecule has 6 heteroatoms. The Kier molecular flexibility index (Phi) is 4.76. The minimum atomic E-state index is -0.204. The van der Waals surface area contributed by atoms with E-state index in [0.717, 1.165) is 11.4 Å². The summed E-state index contributed by atoms with van der Waals surface area (Å²) in [6.07, 6.45) is 1.74. The molecule has 0 spiro atoms. The van der Waals surface area contributed by atoms with E-state index in [0.29, 0.717) is 18.1 Å². The summed E-state index contributed by atoms with van der Waals surface area (Å²) in [7, 11) is 1.71. The lowest BCUT2D eigenvalue weighted by molar-refractivity contribution is 0.0987. The topological polar surface area (TPSA) is 71.0 Å². The molecule has 1 N–H and O–H groups in total. The van der Waals surface area contributed by atoms with Crippen LogP contribution in [0.4, 0.5) is 11.5 Å². The summed E-state index contributed by atoms with van der Waals surface area (Å²) in [5.41, 5.74) is 2.01. The van der Waals surface area contributed by atoms with Crippen LogP contribution in [0.3, 0.4) is 0 Å². The summed E-state index contributed by atoms with van der Waals surface area (Å²) in [5.74, 6) is 0.393. The predicted octanol–water partition coefficient (Wildman–Crippen LogP) is 2.76. The van der Waals surface area contributed by atoms with Gasteiger partial charge in [-0.05, 0) is 36.4 Å². The van der Waals surface area contributed by atoms with Crippen LogP contribution in [0.25, 0.3) is 0 Å². The van der Waals surface area contributed by atoms with Gasteiger partial charge in [0.05, 0.1) is 12.2 Å². The van der Waals surface area contributed by atoms with Crippen LogP contribution in [0.5, 0.6) is 0 Å². The van der Waals surface area contributed by atoms with Crippen molar-refractivity contribution in [3.8, 4) is 0 Å². The maximum absolute atomic E-state index is 12.4. The van der Waals surface area contributed by atoms with Crippen LogP contribution in [0.1, 0.15) is 16.2 Å². The number of para-hydroxylation sites is 1. The third-order valence-electron chi connectivity index (χ3n) is 3.51. The van der Waals surface area contributed by atoms with Gasteiger partial charge in [0.25, 0.3) is 5.91 Å². The summed E-state index contributed by atoms with van der Waals surface area (Å²) in [4.78, 5) is 18.2. The molecule has 2 aromatic heterocycles. The molecule has 3 rings (SSSR count). The van der Waals surface area contributed by atoms with Gasteiger partial charge in [0.15, 0.2) is 5.69 Å². The second-order valence-corrected chi connectivity index (χ2v) is 5.18. The van der Waals surface area contributed by atoms with E-state index in [9.17, 15) is 4.79 Å². The molecule has 6 nitrogen and oxygen atoms in total. The molecule has 1 aromatic carbocycles. The third kappa shape index (κ3) is 3.73. The monoisotopic (exact) mass is 319 g/mol. The quantitative estimate of drug-likeness (QED) is 0.783. The van der Waals surface area contributed by atoms with Crippen LogP contribution < -0.4 is 10.2 Å². The summed E-state index contributed by atoms with van der Waals surface area (Å²) < 4.78 is 0. The highest BCUT2D eigenvalue weighted by Crippen LogP contribution is 2.14. The summed E-state index contributed by atoms with van der Waals surface area (Å²) in [6, 6.07) is 18.5. The molecule has 0 aliphatic rings. The fourth-order valence-electron chi connectivity index (χ4n) is 2.17. The molecular weight excluding hydrogens is 302 g/mol. The van der Waals surface area contributed by atoms with E-state index in [2.05, 4.69) is 20.5 Å². The zero-order chi connectivity index (χ0) is 16.8. The van der Waals surface area contributed by atoms with Crippen molar-refractivity contribution in [1.29, 1.82) is 0 Å². The van der Waals surface area contributed by atoms with Crippen LogP contribution in [0.15, 0.2) is 66.9 Å². The van der Waals surface area contributed by atoms with Gasteiger partial charge < -0.3 is 10.2 Å². The van der Waals surface area contributed by atoms with Gasteiger partial charge in [-0.2, -0.15) is 0 Å². The number of pyridine rings is 1. The molecule has 120 valence electrons. The lowest BCUT2D eigenvalue weighted by Gasteiger charge is -2.16. The van der Waals surface area contributed by atoms with E-state index in [1.165, 1.54) is 0 Å². The molecule has 1 amide bonds. The van der Waals surface area contributed by atoms with Crippen LogP contribution in [0, 0.1) is 0 Å². The van der Waals surface area contributed by atoms with Crippen LogP contribution >= 0.6 is 0 Å². The van der Waals surface area contributed by atoms with Gasteiger partial charge in [0, 0.05) is 18.9 Å². The van der Waals surface area contributed by atoms with Crippen molar-refractivity contribution in [2.24, 2.45) is 0 Å². The van der Waals surface area contributed by atoms with Gasteiger partial charge in [-0.3, -0.25) is 9.78 Å². The highest BCUT2D eigenvalue weighted by atomic mass is 16.2. The van der Waals surface area contributed by atoms with Gasteiger partial charge in [-0.25, -0.2) is 0 Å². The first-order valence-electron chi connectivity index (χ1n) is 7.54. The molecule has 0 fully saturated rings. The second kappa shape index (κ2) is 7.32. The minimum absolute atomic E-state index is 0.204. The van der Waals surface area contributed by atoms with Crippen LogP contribution in [-0.4, -0.2) is 28.1 Å². The lowest BCUT2D eigenvalue weighted by Crippen LogP contribution is -2.27. The van der Waals surface area contributed by atoms with E-state index < -0.39 is 0 Å². The van der Waals surface area contributed by atoms with E-state index in [4.69, 9.17) is 0 Å². The standard InChI is InChI=1S/C18H17N5O/c1-23(15-8-3-2-4-9-15)18(24)16-10-11-17(22-21-16)20-13-14-7-5-6-12-19-14/h2-12H,13H2,1H3,(H,20,22). The maximum Gasteiger partial charge on any atom is 0.278 e. The van der Waals surface area contributed by atoms with Crippen LogP contribution in [0.2, 0.25) is 0 Å². The van der Waals surface area contributed by atoms with Crippen LogP contribution in [-0.2, 0) is 6.54 Å². The number of rotatable bonds is 5. The largest absolute Gasteiger partial charge is 0.363 e. The third-order valence-corrected chi connectivity index (χ3v) is 3.51. The first-order valence-corrected chi connectivity index (χ1v) is 7.54. The Morgan fingerprint density at radius 1 is 1.00 bits per heavy atom. The first kappa shape index (κ1) is 15.6. The van der Waals surface area contributed by atoms with Gasteiger partial charge in [-0.15, -0.1) is 10.2 Å². The maximum atomic E-state index is 12.4. The predicted molar refractivity (Wildman–Crippen MR) is 92.8 cm³/mol. The zero-order valence-electron chi connectivity index (χ0n) is 13.3. The van der Waals surface area contributed by atoms with Gasteiger partial charge in [-0.1, -0.05) is 24.3 Å². The van der Waals surface area contributed by atoms with Crippen molar-refractivity contribution in [2.45, 2.75) is 6.54 Å². The number of nitrogens with zero attached hydrogens (tertiary/aromatic N) is 4. The molecule has 24 heavy (non-hydrogen) atoms. The fraction of sp³-hybridized carbons (Fsp3) is 0.111. The van der Waals surface area contributed by atoms with E-state index in [1.54, 1.807) is 30.3 Å². The number of anilines is 2. The van der Waals surface area contributed by atoms with Crippen molar-refractivity contribution in [3.63, 3.8) is 0 Å². The Bertz CT molecular complexity index is 791. The highest BCUT2D eigenvalue weighted by Gasteiger charge is 2.15. The minimum Gasteiger partial charge on any atom is -0.363 e. The number of amides is 1. The Morgan fingerprint density at radius 3 is 2.46 bits per heavy atom. The average Bonchev–Trinajstić information content (AvgIpc) is 2.67. The van der Waals surface area contributed by atoms with E-state index in [-0.39, 0.29) is 5.91 Å². The number of hydrogen-bond acceptors (Lipinski definition) is 5. The van der Waals surface area contributed by atoms with E-state index >= 15 is 0 Å². The second-order valence-electron chi connectivity index (χ2n) is 5.18. The molecule has 0 unspecified atom stereocenters. The normalized spacial score (nSPS) is 10.2. The molecule has 0 bridgehead atoms. The number of carbonyl (C=O) groups is 1. The SMILES string of the molecule is CN(C(=O)c1ccc(NCc2ccccn2)nn1)c1ccccc1. The van der Waals surface area contributed by atoms with Crippen molar-refractivity contribution in [2.75, 3.05) is 17.3 Å². The molecular formula is C18H17N5O. The van der Waals surface area contributed by atoms with Crippen molar-refractivity contribution >= 4 is 17.4 Å². The summed E-state index contributed by atoms with van der Waals surface area (Å²) in [6.45, 7) is 0.548. The smallest absolute Gasteiger partial charge is 0.278 e. The average molecular weight is 319 g/mol. The van der Waals surface area contributed by atoms with Crippen molar-refractivity contribution in [1.82, 2.24) is 15.2 Å². The highest BCUT2D eigenvalue weighted by molar-refractivity contribution is 6.04. The molecule has 2 heterocycles. The van der Waals surface area contributed by atoms with Gasteiger partial charge in [0.1, 0.15) is 5.82 Å². The Morgan fingerprint density at radius 2 is 1.79 bits per heavy atom. The van der Waals surface area contributed by atoms with Gasteiger partial charge >= 0.3 is 0 Å². The molecule has 0 saturated carbocycles. The summed E-state index contributed by atoms with van der Waals surface area (Å²) >= 11 is 0. The number of carbonyl (C=O) groups excluding carboxylic acids is 1. The molecule has 0 aliphatic carbocycles. The Labute approximate surface area is 140 Å². The van der Waals surface area contributed by atoms with Crippen molar-refractivity contribution < 1.29 is 4.79 Å². The van der Waals surface area contributed by atoms with Crippen molar-refractivity contribution in [3.05, 3.63) is 78.2 Å². The Balaban J connectivity index is 1.64. The number of aromatic nitrogens is 3. The fourth-order valence-corrected chi connectivity index (χ4v) is 2.17.